The normalized spacial score (nSPS) is 23.8. The van der Waals surface area contributed by atoms with Gasteiger partial charge in [0.1, 0.15) is 0 Å². The Morgan fingerprint density at radius 2 is 1.94 bits per heavy atom. The zero-order chi connectivity index (χ0) is 13.1. The van der Waals surface area contributed by atoms with Gasteiger partial charge in [0.25, 0.3) is 0 Å². The fraction of sp³-hybridized carbons (Fsp3) is 1.00. The summed E-state index contributed by atoms with van der Waals surface area (Å²) in [5.41, 5.74) is 5.23. The van der Waals surface area contributed by atoms with Crippen LogP contribution in [0.4, 0.5) is 0 Å². The molecule has 0 aromatic rings. The fourth-order valence-electron chi connectivity index (χ4n) is 2.09. The lowest BCUT2D eigenvalue weighted by Gasteiger charge is -2.30. The van der Waals surface area contributed by atoms with Crippen molar-refractivity contribution in [3.8, 4) is 0 Å². The standard InChI is InChI=1S/C9H20N2O4S2/c1-16(12,13)11-5-2-3-9(7-11)8-17(14,15)6-4-10/h9H,2-8,10H2,1H3. The summed E-state index contributed by atoms with van der Waals surface area (Å²) in [6.07, 6.45) is 2.63. The van der Waals surface area contributed by atoms with Gasteiger partial charge in [0.2, 0.25) is 10.0 Å². The molecule has 0 aromatic heterocycles. The molecular weight excluding hydrogens is 264 g/mol. The quantitative estimate of drug-likeness (QED) is 0.700. The van der Waals surface area contributed by atoms with Crippen LogP contribution in [0, 0.1) is 5.92 Å². The van der Waals surface area contributed by atoms with E-state index in [4.69, 9.17) is 5.73 Å². The van der Waals surface area contributed by atoms with E-state index in [1.54, 1.807) is 0 Å². The molecule has 8 heteroatoms. The van der Waals surface area contributed by atoms with Gasteiger partial charge in [-0.05, 0) is 18.8 Å². The monoisotopic (exact) mass is 284 g/mol. The Bertz CT molecular complexity index is 444. The molecule has 6 nitrogen and oxygen atoms in total. The molecule has 0 aromatic carbocycles. The summed E-state index contributed by atoms with van der Waals surface area (Å²) in [4.78, 5) is 0. The zero-order valence-corrected chi connectivity index (χ0v) is 11.6. The summed E-state index contributed by atoms with van der Waals surface area (Å²) < 4.78 is 47.3. The van der Waals surface area contributed by atoms with Gasteiger partial charge < -0.3 is 5.73 Å². The molecule has 1 fully saturated rings. The minimum absolute atomic E-state index is 0.0254. The zero-order valence-electron chi connectivity index (χ0n) is 10.0. The molecule has 1 atom stereocenters. The molecule has 0 bridgehead atoms. The van der Waals surface area contributed by atoms with Gasteiger partial charge in [0.05, 0.1) is 17.8 Å². The maximum Gasteiger partial charge on any atom is 0.211 e. The van der Waals surface area contributed by atoms with Crippen molar-refractivity contribution < 1.29 is 16.8 Å². The van der Waals surface area contributed by atoms with Crippen molar-refractivity contribution >= 4 is 19.9 Å². The first-order valence-corrected chi connectivity index (χ1v) is 9.27. The maximum atomic E-state index is 11.6. The third-order valence-corrected chi connectivity index (χ3v) is 5.98. The van der Waals surface area contributed by atoms with Gasteiger partial charge in [-0.1, -0.05) is 0 Å². The smallest absolute Gasteiger partial charge is 0.211 e. The van der Waals surface area contributed by atoms with Crippen LogP contribution in [0.1, 0.15) is 12.8 Å². The van der Waals surface area contributed by atoms with E-state index >= 15 is 0 Å². The Morgan fingerprint density at radius 3 is 2.47 bits per heavy atom. The van der Waals surface area contributed by atoms with Gasteiger partial charge in [-0.3, -0.25) is 0 Å². The predicted molar refractivity (Wildman–Crippen MR) is 66.8 cm³/mol. The van der Waals surface area contributed by atoms with Crippen LogP contribution in [0.25, 0.3) is 0 Å². The summed E-state index contributed by atoms with van der Waals surface area (Å²) in [6.45, 7) is 0.916. The van der Waals surface area contributed by atoms with Crippen LogP contribution in [0.2, 0.25) is 0 Å². The Morgan fingerprint density at radius 1 is 1.29 bits per heavy atom. The van der Waals surface area contributed by atoms with E-state index in [2.05, 4.69) is 0 Å². The molecule has 1 aliphatic rings. The van der Waals surface area contributed by atoms with Crippen molar-refractivity contribution in [2.45, 2.75) is 12.8 Å². The van der Waals surface area contributed by atoms with Gasteiger partial charge in [-0.15, -0.1) is 0 Å². The van der Waals surface area contributed by atoms with Gasteiger partial charge in [-0.2, -0.15) is 0 Å². The molecule has 17 heavy (non-hydrogen) atoms. The van der Waals surface area contributed by atoms with Crippen molar-refractivity contribution in [3.63, 3.8) is 0 Å². The van der Waals surface area contributed by atoms with Crippen molar-refractivity contribution in [3.05, 3.63) is 0 Å². The molecule has 1 unspecified atom stereocenters. The second-order valence-corrected chi connectivity index (χ2v) is 8.74. The van der Waals surface area contributed by atoms with Gasteiger partial charge in [0.15, 0.2) is 9.84 Å². The van der Waals surface area contributed by atoms with Crippen LogP contribution in [-0.4, -0.2) is 58.5 Å². The number of nitrogens with zero attached hydrogens (tertiary/aromatic N) is 1. The lowest BCUT2D eigenvalue weighted by molar-refractivity contribution is 0.284. The summed E-state index contributed by atoms with van der Waals surface area (Å²) in [7, 11) is -6.36. The maximum absolute atomic E-state index is 11.6. The van der Waals surface area contributed by atoms with Crippen LogP contribution in [0.3, 0.4) is 0 Å². The van der Waals surface area contributed by atoms with Crippen LogP contribution in [0.15, 0.2) is 0 Å². The number of nitrogens with two attached hydrogens (primary N) is 1. The number of hydrogen-bond donors (Lipinski definition) is 1. The lowest BCUT2D eigenvalue weighted by Crippen LogP contribution is -2.41. The minimum atomic E-state index is -3.21. The first kappa shape index (κ1) is 14.9. The molecule has 0 aliphatic carbocycles. The van der Waals surface area contributed by atoms with Gasteiger partial charge >= 0.3 is 0 Å². The minimum Gasteiger partial charge on any atom is -0.329 e. The van der Waals surface area contributed by atoms with E-state index in [0.29, 0.717) is 13.1 Å². The van der Waals surface area contributed by atoms with Crippen molar-refractivity contribution in [2.24, 2.45) is 11.7 Å². The topological polar surface area (TPSA) is 97.5 Å². The molecule has 1 saturated heterocycles. The van der Waals surface area contributed by atoms with Crippen LogP contribution in [-0.2, 0) is 19.9 Å². The first-order chi connectivity index (χ1) is 7.74. The summed E-state index contributed by atoms with van der Waals surface area (Å²) >= 11 is 0. The largest absolute Gasteiger partial charge is 0.329 e. The average Bonchev–Trinajstić information content (AvgIpc) is 2.15. The van der Waals surface area contributed by atoms with E-state index in [1.165, 1.54) is 4.31 Å². The molecule has 1 aliphatic heterocycles. The van der Waals surface area contributed by atoms with E-state index in [9.17, 15) is 16.8 Å². The highest BCUT2D eigenvalue weighted by Crippen LogP contribution is 2.20. The Balaban J connectivity index is 2.62. The summed E-state index contributed by atoms with van der Waals surface area (Å²) in [5, 5.41) is 0. The van der Waals surface area contributed by atoms with Gasteiger partial charge in [-0.25, -0.2) is 21.1 Å². The van der Waals surface area contributed by atoms with E-state index in [0.717, 1.165) is 19.1 Å². The molecule has 0 saturated carbocycles. The summed E-state index contributed by atoms with van der Waals surface area (Å²) in [6, 6.07) is 0. The molecule has 0 radical (unpaired) electrons. The second-order valence-electron chi connectivity index (χ2n) is 4.53. The van der Waals surface area contributed by atoms with Crippen LogP contribution >= 0.6 is 0 Å². The lowest BCUT2D eigenvalue weighted by atomic mass is 10.0. The molecule has 1 rings (SSSR count). The number of sulfonamides is 1. The molecule has 0 spiro atoms. The first-order valence-electron chi connectivity index (χ1n) is 5.60. The molecule has 0 amide bonds. The Labute approximate surface area is 103 Å². The molecule has 2 N–H and O–H groups in total. The van der Waals surface area contributed by atoms with E-state index in [1.807, 2.05) is 0 Å². The van der Waals surface area contributed by atoms with Crippen LogP contribution in [0.5, 0.6) is 0 Å². The van der Waals surface area contributed by atoms with E-state index < -0.39 is 19.9 Å². The highest BCUT2D eigenvalue weighted by atomic mass is 32.2. The van der Waals surface area contributed by atoms with Crippen molar-refractivity contribution in [1.29, 1.82) is 0 Å². The Kier molecular flexibility index (Phi) is 4.94. The highest BCUT2D eigenvalue weighted by molar-refractivity contribution is 7.91. The third kappa shape index (κ3) is 4.90. The fourth-order valence-corrected chi connectivity index (χ4v) is 4.54. The Hall–Kier alpha value is -0.180. The number of piperidine rings is 1. The molecule has 1 heterocycles. The third-order valence-electron chi connectivity index (χ3n) is 2.87. The van der Waals surface area contributed by atoms with E-state index in [-0.39, 0.29) is 24.0 Å². The van der Waals surface area contributed by atoms with Crippen LogP contribution < -0.4 is 5.73 Å². The number of rotatable bonds is 5. The average molecular weight is 284 g/mol. The SMILES string of the molecule is CS(=O)(=O)N1CCCC(CS(=O)(=O)CCN)C1. The van der Waals surface area contributed by atoms with Crippen molar-refractivity contribution in [2.75, 3.05) is 37.4 Å². The molecular formula is C9H20N2O4S2. The number of sulfone groups is 1. The molecule has 102 valence electrons. The number of hydrogen-bond acceptors (Lipinski definition) is 5. The summed E-state index contributed by atoms with van der Waals surface area (Å²) in [5.74, 6) is -0.0893. The highest BCUT2D eigenvalue weighted by Gasteiger charge is 2.28. The second kappa shape index (κ2) is 5.64. The van der Waals surface area contributed by atoms with Crippen molar-refractivity contribution in [1.82, 2.24) is 4.31 Å². The predicted octanol–water partition coefficient (Wildman–Crippen LogP) is -0.968. The van der Waals surface area contributed by atoms with Gasteiger partial charge in [0, 0.05) is 19.6 Å².